The number of hydrogen-bond donors (Lipinski definition) is 0. The Morgan fingerprint density at radius 3 is 3.08 bits per heavy atom. The maximum Gasteiger partial charge on any atom is 0.00791 e. The molecule has 3 atom stereocenters. The topological polar surface area (TPSA) is 0 Å². The van der Waals surface area contributed by atoms with Crippen molar-refractivity contribution in [1.29, 1.82) is 0 Å². The summed E-state index contributed by atoms with van der Waals surface area (Å²) < 4.78 is 0. The Labute approximate surface area is 78.6 Å². The molecule has 1 fully saturated rings. The summed E-state index contributed by atoms with van der Waals surface area (Å²) in [4.78, 5) is 1.61. The van der Waals surface area contributed by atoms with Crippen molar-refractivity contribution in [3.05, 3.63) is 22.4 Å². The lowest BCUT2D eigenvalue weighted by Crippen LogP contribution is -1.95. The minimum absolute atomic E-state index is 0.917. The first-order valence-electron chi connectivity index (χ1n) is 4.86. The van der Waals surface area contributed by atoms with E-state index in [4.69, 9.17) is 0 Å². The molecule has 1 aliphatic rings. The molecule has 0 spiro atoms. The van der Waals surface area contributed by atoms with Gasteiger partial charge >= 0.3 is 0 Å². The molecule has 0 nitrogen and oxygen atoms in total. The van der Waals surface area contributed by atoms with E-state index in [1.807, 2.05) is 11.3 Å². The molecule has 3 unspecified atom stereocenters. The van der Waals surface area contributed by atoms with E-state index in [2.05, 4.69) is 31.4 Å². The Bertz CT molecular complexity index is 238. The first kappa shape index (κ1) is 8.31. The van der Waals surface area contributed by atoms with Crippen LogP contribution in [0.1, 0.15) is 37.5 Å². The second-order valence-electron chi connectivity index (χ2n) is 3.91. The Morgan fingerprint density at radius 2 is 2.50 bits per heavy atom. The van der Waals surface area contributed by atoms with Gasteiger partial charge in [0.05, 0.1) is 0 Å². The second kappa shape index (κ2) is 3.21. The third-order valence-electron chi connectivity index (χ3n) is 3.12. The highest BCUT2D eigenvalue weighted by atomic mass is 32.1. The molecule has 2 rings (SSSR count). The summed E-state index contributed by atoms with van der Waals surface area (Å²) in [6.07, 6.45) is 2.78. The standard InChI is InChI=1S/C11H16S/c1-3-8(2)9-7-10(9)11-5-4-6-12-11/h4-6,8-10H,3,7H2,1-2H3. The first-order valence-corrected chi connectivity index (χ1v) is 5.74. The molecule has 0 aromatic carbocycles. The molecule has 0 bridgehead atoms. The van der Waals surface area contributed by atoms with Crippen LogP contribution < -0.4 is 0 Å². The minimum Gasteiger partial charge on any atom is -0.149 e. The summed E-state index contributed by atoms with van der Waals surface area (Å²) in [5.41, 5.74) is 0. The summed E-state index contributed by atoms with van der Waals surface area (Å²) in [5.74, 6) is 2.84. The molecular weight excluding hydrogens is 164 g/mol. The van der Waals surface area contributed by atoms with Crippen LogP contribution in [-0.4, -0.2) is 0 Å². The molecule has 1 heteroatoms. The van der Waals surface area contributed by atoms with Crippen LogP contribution in [0.25, 0.3) is 0 Å². The van der Waals surface area contributed by atoms with Crippen molar-refractivity contribution in [1.82, 2.24) is 0 Å². The largest absolute Gasteiger partial charge is 0.149 e. The predicted molar refractivity (Wildman–Crippen MR) is 54.6 cm³/mol. The summed E-state index contributed by atoms with van der Waals surface area (Å²) in [6, 6.07) is 4.46. The zero-order valence-corrected chi connectivity index (χ0v) is 8.60. The molecule has 1 aliphatic carbocycles. The Kier molecular flexibility index (Phi) is 2.22. The van der Waals surface area contributed by atoms with E-state index in [1.54, 1.807) is 4.88 Å². The fraction of sp³-hybridized carbons (Fsp3) is 0.636. The average molecular weight is 180 g/mol. The minimum atomic E-state index is 0.917. The van der Waals surface area contributed by atoms with Crippen LogP contribution in [0.2, 0.25) is 0 Å². The third-order valence-corrected chi connectivity index (χ3v) is 4.13. The van der Waals surface area contributed by atoms with Crippen molar-refractivity contribution in [2.75, 3.05) is 0 Å². The van der Waals surface area contributed by atoms with Gasteiger partial charge in [-0.05, 0) is 35.6 Å². The summed E-state index contributed by atoms with van der Waals surface area (Å²) in [5, 5.41) is 2.20. The normalized spacial score (nSPS) is 30.2. The third kappa shape index (κ3) is 1.42. The van der Waals surface area contributed by atoms with Gasteiger partial charge < -0.3 is 0 Å². The molecule has 1 heterocycles. The molecule has 1 aromatic heterocycles. The van der Waals surface area contributed by atoms with Crippen molar-refractivity contribution in [3.63, 3.8) is 0 Å². The number of thiophene rings is 1. The van der Waals surface area contributed by atoms with Crippen LogP contribution in [0.4, 0.5) is 0 Å². The van der Waals surface area contributed by atoms with Crippen molar-refractivity contribution >= 4 is 11.3 Å². The molecule has 0 amide bonds. The summed E-state index contributed by atoms with van der Waals surface area (Å²) in [6.45, 7) is 4.69. The smallest absolute Gasteiger partial charge is 0.00791 e. The quantitative estimate of drug-likeness (QED) is 0.662. The zero-order valence-electron chi connectivity index (χ0n) is 7.79. The second-order valence-corrected chi connectivity index (χ2v) is 4.89. The predicted octanol–water partition coefficient (Wildman–Crippen LogP) is 3.90. The molecule has 0 radical (unpaired) electrons. The molecule has 1 aromatic rings. The van der Waals surface area contributed by atoms with Crippen LogP contribution >= 0.6 is 11.3 Å². The highest BCUT2D eigenvalue weighted by Crippen LogP contribution is 2.53. The number of rotatable bonds is 3. The molecule has 1 saturated carbocycles. The molecule has 12 heavy (non-hydrogen) atoms. The van der Waals surface area contributed by atoms with Gasteiger partial charge in [-0.2, -0.15) is 0 Å². The average Bonchev–Trinajstić information content (AvgIpc) is 2.71. The monoisotopic (exact) mass is 180 g/mol. The molecular formula is C11H16S. The van der Waals surface area contributed by atoms with E-state index in [0.29, 0.717) is 0 Å². The van der Waals surface area contributed by atoms with Gasteiger partial charge in [0, 0.05) is 4.88 Å². The van der Waals surface area contributed by atoms with Crippen molar-refractivity contribution in [3.8, 4) is 0 Å². The maximum atomic E-state index is 2.39. The van der Waals surface area contributed by atoms with Crippen molar-refractivity contribution < 1.29 is 0 Å². The highest BCUT2D eigenvalue weighted by molar-refractivity contribution is 7.10. The molecule has 0 N–H and O–H groups in total. The van der Waals surface area contributed by atoms with E-state index in [1.165, 1.54) is 12.8 Å². The number of hydrogen-bond acceptors (Lipinski definition) is 1. The lowest BCUT2D eigenvalue weighted by atomic mass is 10.0. The molecule has 66 valence electrons. The molecule has 0 saturated heterocycles. The van der Waals surface area contributed by atoms with Gasteiger partial charge in [-0.25, -0.2) is 0 Å². The van der Waals surface area contributed by atoms with Crippen LogP contribution in [0.3, 0.4) is 0 Å². The fourth-order valence-electron chi connectivity index (χ4n) is 1.98. The lowest BCUT2D eigenvalue weighted by Gasteiger charge is -2.05. The van der Waals surface area contributed by atoms with Gasteiger partial charge in [-0.15, -0.1) is 11.3 Å². The van der Waals surface area contributed by atoms with E-state index in [0.717, 1.165) is 17.8 Å². The van der Waals surface area contributed by atoms with Crippen LogP contribution in [-0.2, 0) is 0 Å². The van der Waals surface area contributed by atoms with Gasteiger partial charge in [0.25, 0.3) is 0 Å². The van der Waals surface area contributed by atoms with Gasteiger partial charge in [0.2, 0.25) is 0 Å². The fourth-order valence-corrected chi connectivity index (χ4v) is 2.89. The van der Waals surface area contributed by atoms with Crippen molar-refractivity contribution in [2.24, 2.45) is 11.8 Å². The van der Waals surface area contributed by atoms with Crippen molar-refractivity contribution in [2.45, 2.75) is 32.6 Å². The summed E-state index contributed by atoms with van der Waals surface area (Å²) in [7, 11) is 0. The Hall–Kier alpha value is -0.300. The lowest BCUT2D eigenvalue weighted by molar-refractivity contribution is 0.483. The Morgan fingerprint density at radius 1 is 1.67 bits per heavy atom. The van der Waals surface area contributed by atoms with E-state index in [9.17, 15) is 0 Å². The van der Waals surface area contributed by atoms with Crippen LogP contribution in [0.5, 0.6) is 0 Å². The first-order chi connectivity index (χ1) is 5.83. The van der Waals surface area contributed by atoms with Gasteiger partial charge in [-0.3, -0.25) is 0 Å². The van der Waals surface area contributed by atoms with E-state index < -0.39 is 0 Å². The molecule has 0 aliphatic heterocycles. The van der Waals surface area contributed by atoms with E-state index >= 15 is 0 Å². The SMILES string of the molecule is CCC(C)C1CC1c1cccs1. The summed E-state index contributed by atoms with van der Waals surface area (Å²) >= 11 is 1.93. The highest BCUT2D eigenvalue weighted by Gasteiger charge is 2.41. The van der Waals surface area contributed by atoms with E-state index in [-0.39, 0.29) is 0 Å². The van der Waals surface area contributed by atoms with Crippen LogP contribution in [0, 0.1) is 11.8 Å². The van der Waals surface area contributed by atoms with Crippen LogP contribution in [0.15, 0.2) is 17.5 Å². The van der Waals surface area contributed by atoms with Gasteiger partial charge in [0.15, 0.2) is 0 Å². The van der Waals surface area contributed by atoms with Gasteiger partial charge in [-0.1, -0.05) is 26.3 Å². The maximum absolute atomic E-state index is 2.39. The van der Waals surface area contributed by atoms with Gasteiger partial charge in [0.1, 0.15) is 0 Å². The Balaban J connectivity index is 1.96. The zero-order chi connectivity index (χ0) is 8.55.